The summed E-state index contributed by atoms with van der Waals surface area (Å²) in [5, 5.41) is 5.11. The van der Waals surface area contributed by atoms with Crippen molar-refractivity contribution in [1.29, 1.82) is 0 Å². The molecule has 1 aromatic carbocycles. The fourth-order valence-corrected chi connectivity index (χ4v) is 2.47. The Kier molecular flexibility index (Phi) is 2.52. The third kappa shape index (κ3) is 1.68. The fourth-order valence-electron chi connectivity index (χ4n) is 2.47. The van der Waals surface area contributed by atoms with E-state index in [1.165, 1.54) is 5.52 Å². The summed E-state index contributed by atoms with van der Waals surface area (Å²) in [5.74, 6) is -0.134. The standard InChI is InChI=1S/C15H15N3O/c1-9-12(15(19)17-16-9)8-13-10(2)18(3)14-7-5-4-6-11(13)14/h4-8H,1-3H3,(H,17,19). The van der Waals surface area contributed by atoms with E-state index in [1.54, 1.807) is 0 Å². The molecule has 2 heterocycles. The minimum absolute atomic E-state index is 0.134. The number of nitrogens with one attached hydrogen (secondary N) is 1. The molecule has 0 spiro atoms. The normalized spacial score (nSPS) is 17.1. The van der Waals surface area contributed by atoms with Crippen LogP contribution in [0.5, 0.6) is 0 Å². The van der Waals surface area contributed by atoms with Crippen LogP contribution in [0.25, 0.3) is 17.0 Å². The molecule has 0 unspecified atom stereocenters. The van der Waals surface area contributed by atoms with Gasteiger partial charge in [-0.05, 0) is 26.0 Å². The number of amides is 1. The van der Waals surface area contributed by atoms with Crippen molar-refractivity contribution in [3.63, 3.8) is 0 Å². The predicted molar refractivity (Wildman–Crippen MR) is 76.9 cm³/mol. The Morgan fingerprint density at radius 1 is 1.26 bits per heavy atom. The van der Waals surface area contributed by atoms with Gasteiger partial charge in [-0.25, -0.2) is 5.43 Å². The second-order valence-corrected chi connectivity index (χ2v) is 4.77. The third-order valence-electron chi connectivity index (χ3n) is 3.70. The minimum Gasteiger partial charge on any atom is -0.347 e. The Bertz CT molecular complexity index is 750. The number of carbonyl (C=O) groups is 1. The largest absolute Gasteiger partial charge is 0.347 e. The lowest BCUT2D eigenvalue weighted by Crippen LogP contribution is -2.12. The molecule has 1 aromatic heterocycles. The van der Waals surface area contributed by atoms with E-state index in [2.05, 4.69) is 34.2 Å². The number of aromatic nitrogens is 1. The quantitative estimate of drug-likeness (QED) is 0.779. The van der Waals surface area contributed by atoms with E-state index in [-0.39, 0.29) is 5.91 Å². The highest BCUT2D eigenvalue weighted by atomic mass is 16.2. The van der Waals surface area contributed by atoms with Crippen LogP contribution in [0, 0.1) is 6.92 Å². The number of hydrazone groups is 1. The van der Waals surface area contributed by atoms with E-state index in [1.807, 2.05) is 32.2 Å². The van der Waals surface area contributed by atoms with Crippen LogP contribution in [0.4, 0.5) is 0 Å². The molecule has 4 heteroatoms. The van der Waals surface area contributed by atoms with Crippen LogP contribution in [0.2, 0.25) is 0 Å². The maximum Gasteiger partial charge on any atom is 0.273 e. The molecule has 0 bridgehead atoms. The van der Waals surface area contributed by atoms with Gasteiger partial charge in [0.05, 0.1) is 11.3 Å². The maximum absolute atomic E-state index is 11.7. The van der Waals surface area contributed by atoms with Gasteiger partial charge in [0.1, 0.15) is 0 Å². The lowest BCUT2D eigenvalue weighted by molar-refractivity contribution is -0.116. The number of nitrogens with zero attached hydrogens (tertiary/aromatic N) is 2. The van der Waals surface area contributed by atoms with Gasteiger partial charge in [0, 0.05) is 29.2 Å². The molecule has 1 aliphatic rings. The number of fused-ring (bicyclic) bond motifs is 1. The summed E-state index contributed by atoms with van der Waals surface area (Å²) in [4.78, 5) is 11.7. The Morgan fingerprint density at radius 3 is 2.68 bits per heavy atom. The average molecular weight is 253 g/mol. The van der Waals surface area contributed by atoms with Crippen LogP contribution in [0.15, 0.2) is 34.9 Å². The number of carbonyl (C=O) groups excluding carboxylic acids is 1. The molecule has 0 atom stereocenters. The molecule has 0 saturated heterocycles. The van der Waals surface area contributed by atoms with E-state index >= 15 is 0 Å². The predicted octanol–water partition coefficient (Wildman–Crippen LogP) is 2.38. The lowest BCUT2D eigenvalue weighted by Gasteiger charge is -1.99. The van der Waals surface area contributed by atoms with Gasteiger partial charge < -0.3 is 4.57 Å². The molecular weight excluding hydrogens is 238 g/mol. The van der Waals surface area contributed by atoms with Crippen LogP contribution < -0.4 is 5.43 Å². The van der Waals surface area contributed by atoms with Gasteiger partial charge in [-0.3, -0.25) is 4.79 Å². The van der Waals surface area contributed by atoms with Crippen molar-refractivity contribution in [2.45, 2.75) is 13.8 Å². The molecule has 0 saturated carbocycles. The monoisotopic (exact) mass is 253 g/mol. The van der Waals surface area contributed by atoms with Gasteiger partial charge in [0.25, 0.3) is 5.91 Å². The summed E-state index contributed by atoms with van der Waals surface area (Å²) in [6.45, 7) is 3.90. The molecule has 1 N–H and O–H groups in total. The first-order valence-corrected chi connectivity index (χ1v) is 6.20. The number of rotatable bonds is 1. The molecule has 3 rings (SSSR count). The van der Waals surface area contributed by atoms with Gasteiger partial charge in [-0.1, -0.05) is 18.2 Å². The second kappa shape index (κ2) is 4.09. The number of benzene rings is 1. The molecule has 4 nitrogen and oxygen atoms in total. The van der Waals surface area contributed by atoms with Gasteiger partial charge in [0.2, 0.25) is 0 Å². The van der Waals surface area contributed by atoms with Crippen molar-refractivity contribution in [2.24, 2.45) is 12.1 Å². The zero-order chi connectivity index (χ0) is 13.6. The van der Waals surface area contributed by atoms with Crippen LogP contribution in [0.3, 0.4) is 0 Å². The van der Waals surface area contributed by atoms with Crippen molar-refractivity contribution < 1.29 is 4.79 Å². The van der Waals surface area contributed by atoms with E-state index in [9.17, 15) is 4.79 Å². The number of para-hydroxylation sites is 1. The lowest BCUT2D eigenvalue weighted by atomic mass is 10.0. The second-order valence-electron chi connectivity index (χ2n) is 4.77. The number of aryl methyl sites for hydroxylation is 1. The van der Waals surface area contributed by atoms with Crippen molar-refractivity contribution >= 4 is 28.6 Å². The Balaban J connectivity index is 2.27. The summed E-state index contributed by atoms with van der Waals surface area (Å²) in [6.07, 6.45) is 1.93. The minimum atomic E-state index is -0.134. The Morgan fingerprint density at radius 2 is 2.00 bits per heavy atom. The molecule has 0 fully saturated rings. The van der Waals surface area contributed by atoms with Crippen LogP contribution in [0.1, 0.15) is 18.2 Å². The van der Waals surface area contributed by atoms with Crippen molar-refractivity contribution in [3.8, 4) is 0 Å². The molecule has 0 radical (unpaired) electrons. The molecule has 1 amide bonds. The van der Waals surface area contributed by atoms with Gasteiger partial charge in [-0.15, -0.1) is 0 Å². The summed E-state index contributed by atoms with van der Waals surface area (Å²) in [5.41, 5.74) is 7.25. The van der Waals surface area contributed by atoms with Gasteiger partial charge >= 0.3 is 0 Å². The smallest absolute Gasteiger partial charge is 0.273 e. The Labute approximate surface area is 111 Å². The molecule has 96 valence electrons. The zero-order valence-electron chi connectivity index (χ0n) is 11.2. The van der Waals surface area contributed by atoms with Crippen molar-refractivity contribution in [2.75, 3.05) is 0 Å². The summed E-state index contributed by atoms with van der Waals surface area (Å²) >= 11 is 0. The van der Waals surface area contributed by atoms with Crippen LogP contribution in [-0.4, -0.2) is 16.2 Å². The first-order chi connectivity index (χ1) is 9.09. The van der Waals surface area contributed by atoms with Gasteiger partial charge in [0.15, 0.2) is 0 Å². The maximum atomic E-state index is 11.7. The molecule has 1 aliphatic heterocycles. The van der Waals surface area contributed by atoms with Crippen molar-refractivity contribution in [1.82, 2.24) is 9.99 Å². The highest BCUT2D eigenvalue weighted by Crippen LogP contribution is 2.27. The molecule has 19 heavy (non-hydrogen) atoms. The van der Waals surface area contributed by atoms with E-state index in [4.69, 9.17) is 0 Å². The fraction of sp³-hybridized carbons (Fsp3) is 0.200. The molecular formula is C15H15N3O. The van der Waals surface area contributed by atoms with E-state index in [0.29, 0.717) is 5.57 Å². The summed E-state index contributed by atoms with van der Waals surface area (Å²) in [6, 6.07) is 8.20. The zero-order valence-corrected chi connectivity index (χ0v) is 11.2. The molecule has 2 aromatic rings. The van der Waals surface area contributed by atoms with Crippen LogP contribution >= 0.6 is 0 Å². The SMILES string of the molecule is CC1=NNC(=O)C1=Cc1c(C)n(C)c2ccccc12. The summed E-state index contributed by atoms with van der Waals surface area (Å²) in [7, 11) is 2.04. The first-order valence-electron chi connectivity index (χ1n) is 6.20. The third-order valence-corrected chi connectivity index (χ3v) is 3.70. The first kappa shape index (κ1) is 11.7. The average Bonchev–Trinajstić information content (AvgIpc) is 2.85. The van der Waals surface area contributed by atoms with Gasteiger partial charge in [-0.2, -0.15) is 5.10 Å². The van der Waals surface area contributed by atoms with E-state index < -0.39 is 0 Å². The van der Waals surface area contributed by atoms with Crippen LogP contribution in [-0.2, 0) is 11.8 Å². The molecule has 0 aliphatic carbocycles. The van der Waals surface area contributed by atoms with Crippen molar-refractivity contribution in [3.05, 3.63) is 41.1 Å². The van der Waals surface area contributed by atoms with E-state index in [0.717, 1.165) is 22.4 Å². The number of hydrogen-bond acceptors (Lipinski definition) is 2. The highest BCUT2D eigenvalue weighted by Gasteiger charge is 2.20. The highest BCUT2D eigenvalue weighted by molar-refractivity contribution is 6.27. The summed E-state index contributed by atoms with van der Waals surface area (Å²) < 4.78 is 2.14. The Hall–Kier alpha value is -2.36. The topological polar surface area (TPSA) is 46.4 Å². The number of hydrogen-bond donors (Lipinski definition) is 1.